The Hall–Kier alpha value is -2.81. The van der Waals surface area contributed by atoms with Gasteiger partial charge in [-0.3, -0.25) is 0 Å². The Labute approximate surface area is 262 Å². The molecule has 0 N–H and O–H groups in total. The Kier molecular flexibility index (Phi) is 14.1. The molecule has 0 atom stereocenters. The van der Waals surface area contributed by atoms with Crippen molar-refractivity contribution in [3.05, 3.63) is 145 Å². The molecule has 0 aromatic heterocycles. The predicted molar refractivity (Wildman–Crippen MR) is 174 cm³/mol. The largest absolute Gasteiger partial charge is 0.165 e. The molecule has 0 bridgehead atoms. The fourth-order valence-electron chi connectivity index (χ4n) is 4.69. The van der Waals surface area contributed by atoms with Crippen molar-refractivity contribution in [3.63, 3.8) is 0 Å². The molecular weight excluding hydrogens is 663 g/mol. The van der Waals surface area contributed by atoms with Crippen LogP contribution in [0.15, 0.2) is 133 Å². The minimum absolute atomic E-state index is 0. The molecule has 2 heteroatoms. The number of aryl methyl sites for hydroxylation is 2. The van der Waals surface area contributed by atoms with Crippen LogP contribution >= 0.6 is 0 Å². The molecule has 0 fully saturated rings. The maximum Gasteiger partial charge on any atom is 0.121 e. The number of unbranched alkanes of at least 4 members (excludes halogenated alkanes) is 2. The van der Waals surface area contributed by atoms with E-state index >= 15 is 0 Å². The smallest absolute Gasteiger partial charge is 0.121 e. The molecule has 0 saturated carbocycles. The molecular formula is C38H40HfSi-2. The molecule has 202 valence electrons. The van der Waals surface area contributed by atoms with E-state index in [1.54, 1.807) is 0 Å². The van der Waals surface area contributed by atoms with Crippen molar-refractivity contribution < 1.29 is 25.8 Å². The van der Waals surface area contributed by atoms with Crippen molar-refractivity contribution in [2.45, 2.75) is 52.4 Å². The molecule has 6 aromatic rings. The van der Waals surface area contributed by atoms with Gasteiger partial charge < -0.3 is 0 Å². The molecule has 0 heterocycles. The summed E-state index contributed by atoms with van der Waals surface area (Å²) in [6.45, 7) is 4.48. The van der Waals surface area contributed by atoms with Crippen LogP contribution < -0.4 is 10.4 Å². The third kappa shape index (κ3) is 10.3. The first-order chi connectivity index (χ1) is 19.2. The second kappa shape index (κ2) is 17.8. The van der Waals surface area contributed by atoms with Gasteiger partial charge in [-0.2, -0.15) is 12.1 Å². The molecule has 40 heavy (non-hydrogen) atoms. The van der Waals surface area contributed by atoms with E-state index in [1.165, 1.54) is 81.6 Å². The number of benzene rings is 4. The molecule has 0 aliphatic heterocycles. The van der Waals surface area contributed by atoms with Crippen LogP contribution in [0.25, 0.3) is 21.5 Å². The van der Waals surface area contributed by atoms with Crippen molar-refractivity contribution in [3.8, 4) is 0 Å². The second-order valence-electron chi connectivity index (χ2n) is 10.0. The normalized spacial score (nSPS) is 10.2. The quantitative estimate of drug-likeness (QED) is 0.110. The van der Waals surface area contributed by atoms with Crippen molar-refractivity contribution >= 4 is 41.4 Å². The summed E-state index contributed by atoms with van der Waals surface area (Å²) < 4.78 is 0. The first-order valence-corrected chi connectivity index (χ1v) is 15.4. The maximum atomic E-state index is 2.31. The van der Waals surface area contributed by atoms with Gasteiger partial charge in [-0.05, 0) is 12.8 Å². The predicted octanol–water partition coefficient (Wildman–Crippen LogP) is 9.14. The van der Waals surface area contributed by atoms with Crippen molar-refractivity contribution in [2.75, 3.05) is 0 Å². The number of rotatable bonds is 8. The zero-order chi connectivity index (χ0) is 27.1. The van der Waals surface area contributed by atoms with Gasteiger partial charge in [0.2, 0.25) is 0 Å². The van der Waals surface area contributed by atoms with Crippen LogP contribution in [-0.4, -0.2) is 9.52 Å². The Morgan fingerprint density at radius 2 is 0.875 bits per heavy atom. The van der Waals surface area contributed by atoms with E-state index in [-0.39, 0.29) is 25.8 Å². The Bertz CT molecular complexity index is 1310. The zero-order valence-electron chi connectivity index (χ0n) is 23.9. The molecule has 0 aliphatic rings. The van der Waals surface area contributed by atoms with Crippen molar-refractivity contribution in [1.82, 2.24) is 0 Å². The Morgan fingerprint density at radius 3 is 1.25 bits per heavy atom. The van der Waals surface area contributed by atoms with Crippen LogP contribution in [0.4, 0.5) is 0 Å². The summed E-state index contributed by atoms with van der Waals surface area (Å²) >= 11 is 0. The summed E-state index contributed by atoms with van der Waals surface area (Å²) in [5.74, 6) is 0. The van der Waals surface area contributed by atoms with Crippen LogP contribution in [0.1, 0.15) is 50.7 Å². The minimum atomic E-state index is 0. The van der Waals surface area contributed by atoms with Gasteiger partial charge in [0.25, 0.3) is 0 Å². The van der Waals surface area contributed by atoms with Gasteiger partial charge in [-0.15, -0.1) is 81.2 Å². The average Bonchev–Trinajstić information content (AvgIpc) is 3.60. The molecule has 0 unspecified atom stereocenters. The van der Waals surface area contributed by atoms with Gasteiger partial charge in [0, 0.05) is 25.8 Å². The topological polar surface area (TPSA) is 0 Å². The molecule has 2 radical (unpaired) electrons. The number of fused-ring (bicyclic) bond motifs is 2. The third-order valence-electron chi connectivity index (χ3n) is 6.83. The van der Waals surface area contributed by atoms with Crippen LogP contribution in [0.5, 0.6) is 0 Å². The molecule has 0 saturated heterocycles. The van der Waals surface area contributed by atoms with E-state index in [4.69, 9.17) is 0 Å². The van der Waals surface area contributed by atoms with Crippen LogP contribution in [-0.2, 0) is 38.7 Å². The van der Waals surface area contributed by atoms with E-state index in [0.717, 1.165) is 9.52 Å². The van der Waals surface area contributed by atoms with Gasteiger partial charge in [0.05, 0.1) is 0 Å². The molecule has 6 aromatic carbocycles. The first-order valence-electron chi connectivity index (χ1n) is 14.4. The standard InChI is InChI=1S/2C13H15.C12H10Si.Hf/c2*1-2-3-6-11-9-12-7-4-5-8-13(12)10-11;1-3-7-11(8-4-1)13-12-9-5-2-6-10-12;/h2*4-5,7-10H,2-3,6H2,1H3;1-10H;/q2*-1;;. The third-order valence-corrected chi connectivity index (χ3v) is 8.07. The Morgan fingerprint density at radius 1 is 0.500 bits per heavy atom. The van der Waals surface area contributed by atoms with E-state index in [1.807, 2.05) is 0 Å². The fraction of sp³-hybridized carbons (Fsp3) is 0.211. The summed E-state index contributed by atoms with van der Waals surface area (Å²) in [6.07, 6.45) is 7.62. The monoisotopic (exact) mass is 704 g/mol. The van der Waals surface area contributed by atoms with E-state index < -0.39 is 0 Å². The Balaban J connectivity index is 0.000000163. The SMILES string of the molecule is CCCCc1cc2ccccc2[cH-]1.CCCCc1cc2ccccc2[cH-]1.[Hf].c1ccc([Si]c2ccccc2)cc1. The van der Waals surface area contributed by atoms with Crippen molar-refractivity contribution in [2.24, 2.45) is 0 Å². The van der Waals surface area contributed by atoms with Gasteiger partial charge in [0.15, 0.2) is 0 Å². The van der Waals surface area contributed by atoms with Gasteiger partial charge in [-0.1, -0.05) is 123 Å². The second-order valence-corrected chi connectivity index (χ2v) is 11.5. The van der Waals surface area contributed by atoms with Gasteiger partial charge in [0.1, 0.15) is 9.52 Å². The van der Waals surface area contributed by atoms with Crippen LogP contribution in [0.3, 0.4) is 0 Å². The zero-order valence-corrected chi connectivity index (χ0v) is 28.5. The maximum absolute atomic E-state index is 2.31. The number of hydrogen-bond donors (Lipinski definition) is 0. The molecule has 0 aliphatic carbocycles. The molecule has 0 amide bonds. The van der Waals surface area contributed by atoms with Crippen LogP contribution in [0.2, 0.25) is 0 Å². The summed E-state index contributed by atoms with van der Waals surface area (Å²) in [7, 11) is 0.777. The van der Waals surface area contributed by atoms with Crippen LogP contribution in [0, 0.1) is 0 Å². The molecule has 6 rings (SSSR count). The summed E-state index contributed by atoms with van der Waals surface area (Å²) in [4.78, 5) is 0. The summed E-state index contributed by atoms with van der Waals surface area (Å²) in [5.41, 5.74) is 2.98. The fourth-order valence-corrected chi connectivity index (χ4v) is 5.74. The summed E-state index contributed by atoms with van der Waals surface area (Å²) in [6, 6.07) is 47.5. The molecule has 0 nitrogen and oxygen atoms in total. The van der Waals surface area contributed by atoms with E-state index in [0.29, 0.717) is 0 Å². The van der Waals surface area contributed by atoms with E-state index in [9.17, 15) is 0 Å². The van der Waals surface area contributed by atoms with Gasteiger partial charge >= 0.3 is 0 Å². The summed E-state index contributed by atoms with van der Waals surface area (Å²) in [5, 5.41) is 8.33. The number of hydrogen-bond acceptors (Lipinski definition) is 0. The van der Waals surface area contributed by atoms with Gasteiger partial charge in [-0.25, -0.2) is 0 Å². The van der Waals surface area contributed by atoms with Crippen molar-refractivity contribution in [1.29, 1.82) is 0 Å². The molecule has 0 spiro atoms. The van der Waals surface area contributed by atoms with E-state index in [2.05, 4.69) is 147 Å². The average molecular weight is 703 g/mol. The first kappa shape index (κ1) is 31.7. The minimum Gasteiger partial charge on any atom is -0.165 e.